The Labute approximate surface area is 155 Å². The van der Waals surface area contributed by atoms with Gasteiger partial charge in [0.05, 0.1) is 5.92 Å². The van der Waals surface area contributed by atoms with Crippen molar-refractivity contribution >= 4 is 17.5 Å². The summed E-state index contributed by atoms with van der Waals surface area (Å²) in [6.07, 6.45) is 4.75. The van der Waals surface area contributed by atoms with E-state index < -0.39 is 0 Å². The van der Waals surface area contributed by atoms with E-state index in [9.17, 15) is 4.79 Å². The highest BCUT2D eigenvalue weighted by Crippen LogP contribution is 2.41. The molecule has 1 aliphatic rings. The second-order valence-corrected chi connectivity index (χ2v) is 7.33. The maximum atomic E-state index is 13.1. The van der Waals surface area contributed by atoms with Crippen LogP contribution in [0.1, 0.15) is 55.6 Å². The van der Waals surface area contributed by atoms with Gasteiger partial charge in [-0.15, -0.1) is 0 Å². The first-order valence-electron chi connectivity index (χ1n) is 9.30. The molecule has 0 radical (unpaired) electrons. The molecule has 0 saturated carbocycles. The molecule has 132 valence electrons. The van der Waals surface area contributed by atoms with Gasteiger partial charge in [0.25, 0.3) is 0 Å². The van der Waals surface area contributed by atoms with Gasteiger partial charge < -0.3 is 4.90 Å². The smallest absolute Gasteiger partial charge is 0.230 e. The van der Waals surface area contributed by atoms with Crippen LogP contribution in [0.2, 0.25) is 5.02 Å². The Morgan fingerprint density at radius 2 is 1.68 bits per heavy atom. The van der Waals surface area contributed by atoms with Crippen molar-refractivity contribution in [3.8, 4) is 0 Å². The summed E-state index contributed by atoms with van der Waals surface area (Å²) in [6, 6.07) is 18.2. The first kappa shape index (κ1) is 18.0. The molecule has 1 saturated heterocycles. The molecule has 1 amide bonds. The Morgan fingerprint density at radius 3 is 2.36 bits per heavy atom. The molecule has 25 heavy (non-hydrogen) atoms. The summed E-state index contributed by atoms with van der Waals surface area (Å²) in [7, 11) is 0. The van der Waals surface area contributed by atoms with Gasteiger partial charge in [0.15, 0.2) is 0 Å². The van der Waals surface area contributed by atoms with Crippen LogP contribution in [0.3, 0.4) is 0 Å². The second kappa shape index (κ2) is 8.53. The highest BCUT2D eigenvalue weighted by atomic mass is 35.5. The van der Waals surface area contributed by atoms with Crippen LogP contribution >= 0.6 is 11.6 Å². The summed E-state index contributed by atoms with van der Waals surface area (Å²) >= 11 is 6.05. The number of carbonyl (C=O) groups is 1. The quantitative estimate of drug-likeness (QED) is 0.589. The molecule has 2 unspecified atom stereocenters. The van der Waals surface area contributed by atoms with Crippen LogP contribution in [0.5, 0.6) is 0 Å². The van der Waals surface area contributed by atoms with Crippen LogP contribution in [-0.4, -0.2) is 23.9 Å². The minimum absolute atomic E-state index is 0.0893. The topological polar surface area (TPSA) is 20.3 Å². The number of amides is 1. The minimum atomic E-state index is -0.0893. The maximum Gasteiger partial charge on any atom is 0.230 e. The van der Waals surface area contributed by atoms with Crippen molar-refractivity contribution in [2.75, 3.05) is 13.1 Å². The number of hydrogen-bond donors (Lipinski definition) is 0. The molecule has 2 aromatic rings. The predicted molar refractivity (Wildman–Crippen MR) is 104 cm³/mol. The van der Waals surface area contributed by atoms with Crippen LogP contribution in [0.4, 0.5) is 0 Å². The monoisotopic (exact) mass is 355 g/mol. The predicted octanol–water partition coefficient (Wildman–Crippen LogP) is 5.63. The normalized spacial score (nSPS) is 20.2. The van der Waals surface area contributed by atoms with Gasteiger partial charge in [0.2, 0.25) is 5.91 Å². The molecule has 1 fully saturated rings. The van der Waals surface area contributed by atoms with Crippen LogP contribution < -0.4 is 0 Å². The van der Waals surface area contributed by atoms with E-state index in [1.807, 2.05) is 30.3 Å². The zero-order chi connectivity index (χ0) is 17.6. The van der Waals surface area contributed by atoms with E-state index in [4.69, 9.17) is 11.6 Å². The van der Waals surface area contributed by atoms with Crippen molar-refractivity contribution in [2.24, 2.45) is 0 Å². The number of rotatable bonds is 7. The van der Waals surface area contributed by atoms with Gasteiger partial charge in [0, 0.05) is 24.0 Å². The number of halogens is 1. The molecule has 2 atom stereocenters. The number of benzene rings is 2. The van der Waals surface area contributed by atoms with Crippen LogP contribution in [0.15, 0.2) is 54.6 Å². The van der Waals surface area contributed by atoms with Gasteiger partial charge in [-0.25, -0.2) is 0 Å². The summed E-state index contributed by atoms with van der Waals surface area (Å²) < 4.78 is 0. The highest BCUT2D eigenvalue weighted by molar-refractivity contribution is 6.30. The Bertz CT molecular complexity index is 683. The molecule has 3 rings (SSSR count). The summed E-state index contributed by atoms with van der Waals surface area (Å²) in [4.78, 5) is 15.2. The Hall–Kier alpha value is -1.80. The number of likely N-dealkylation sites (tertiary alicyclic amines) is 1. The van der Waals surface area contributed by atoms with Gasteiger partial charge in [-0.05, 0) is 29.7 Å². The molecule has 1 aliphatic heterocycles. The van der Waals surface area contributed by atoms with Crippen molar-refractivity contribution in [3.63, 3.8) is 0 Å². The SMILES string of the molecule is CCCCCCN1CC(c2ccc(Cl)cc2)C(c2ccccc2)C1=O. The molecule has 0 bridgehead atoms. The second-order valence-electron chi connectivity index (χ2n) is 6.89. The van der Waals surface area contributed by atoms with Gasteiger partial charge in [-0.2, -0.15) is 0 Å². The van der Waals surface area contributed by atoms with Crippen LogP contribution in [0, 0.1) is 0 Å². The standard InChI is InChI=1S/C22H26ClNO/c1-2-3-4-8-15-24-16-20(17-11-13-19(23)14-12-17)21(22(24)25)18-9-6-5-7-10-18/h5-7,9-14,20-21H,2-4,8,15-16H2,1H3. The Morgan fingerprint density at radius 1 is 0.960 bits per heavy atom. The first-order chi connectivity index (χ1) is 12.2. The fourth-order valence-electron chi connectivity index (χ4n) is 3.78. The van der Waals surface area contributed by atoms with E-state index in [2.05, 4.69) is 36.1 Å². The van der Waals surface area contributed by atoms with Gasteiger partial charge in [-0.3, -0.25) is 4.79 Å². The van der Waals surface area contributed by atoms with Gasteiger partial charge in [-0.1, -0.05) is 80.3 Å². The Balaban J connectivity index is 1.83. The fraction of sp³-hybridized carbons (Fsp3) is 0.409. The fourth-order valence-corrected chi connectivity index (χ4v) is 3.90. The van der Waals surface area contributed by atoms with E-state index in [0.29, 0.717) is 0 Å². The van der Waals surface area contributed by atoms with E-state index in [-0.39, 0.29) is 17.7 Å². The van der Waals surface area contributed by atoms with E-state index in [1.165, 1.54) is 24.8 Å². The molecule has 0 aromatic heterocycles. The third-order valence-corrected chi connectivity index (χ3v) is 5.39. The van der Waals surface area contributed by atoms with E-state index >= 15 is 0 Å². The van der Waals surface area contributed by atoms with Crippen LogP contribution in [-0.2, 0) is 4.79 Å². The van der Waals surface area contributed by atoms with Crippen molar-refractivity contribution in [1.82, 2.24) is 4.90 Å². The van der Waals surface area contributed by atoms with E-state index in [0.717, 1.165) is 30.1 Å². The molecule has 2 aromatic carbocycles. The van der Waals surface area contributed by atoms with E-state index in [1.54, 1.807) is 0 Å². The molecule has 0 aliphatic carbocycles. The lowest BCUT2D eigenvalue weighted by molar-refractivity contribution is -0.129. The molecule has 0 N–H and O–H groups in total. The molecular weight excluding hydrogens is 330 g/mol. The average Bonchev–Trinajstić information content (AvgIpc) is 2.97. The lowest BCUT2D eigenvalue weighted by Gasteiger charge is -2.17. The maximum absolute atomic E-state index is 13.1. The number of unbranched alkanes of at least 4 members (excludes halogenated alkanes) is 3. The molecule has 2 nitrogen and oxygen atoms in total. The van der Waals surface area contributed by atoms with Gasteiger partial charge in [0.1, 0.15) is 0 Å². The zero-order valence-corrected chi connectivity index (χ0v) is 15.6. The summed E-state index contributed by atoms with van der Waals surface area (Å²) in [5.41, 5.74) is 2.31. The third-order valence-electron chi connectivity index (χ3n) is 5.14. The first-order valence-corrected chi connectivity index (χ1v) is 9.67. The Kier molecular flexibility index (Phi) is 6.14. The van der Waals surface area contributed by atoms with Crippen molar-refractivity contribution in [3.05, 3.63) is 70.7 Å². The highest BCUT2D eigenvalue weighted by Gasteiger charge is 2.41. The zero-order valence-electron chi connectivity index (χ0n) is 14.8. The summed E-state index contributed by atoms with van der Waals surface area (Å²) in [5.74, 6) is 0.370. The third kappa shape index (κ3) is 4.24. The molecule has 3 heteroatoms. The number of nitrogens with zero attached hydrogens (tertiary/aromatic N) is 1. The molecular formula is C22H26ClNO. The lowest BCUT2D eigenvalue weighted by Crippen LogP contribution is -2.27. The summed E-state index contributed by atoms with van der Waals surface area (Å²) in [5, 5.41) is 0.737. The minimum Gasteiger partial charge on any atom is -0.342 e. The number of hydrogen-bond acceptors (Lipinski definition) is 1. The average molecular weight is 356 g/mol. The van der Waals surface area contributed by atoms with Crippen molar-refractivity contribution in [1.29, 1.82) is 0 Å². The van der Waals surface area contributed by atoms with Gasteiger partial charge >= 0.3 is 0 Å². The molecule has 1 heterocycles. The summed E-state index contributed by atoms with van der Waals surface area (Å²) in [6.45, 7) is 3.88. The largest absolute Gasteiger partial charge is 0.342 e. The van der Waals surface area contributed by atoms with Crippen LogP contribution in [0.25, 0.3) is 0 Å². The lowest BCUT2D eigenvalue weighted by atomic mass is 9.84. The number of carbonyl (C=O) groups excluding carboxylic acids is 1. The van der Waals surface area contributed by atoms with Crippen molar-refractivity contribution < 1.29 is 4.79 Å². The van der Waals surface area contributed by atoms with Crippen molar-refractivity contribution in [2.45, 2.75) is 44.4 Å². The molecule has 0 spiro atoms.